The Labute approximate surface area is 230 Å². The quantitative estimate of drug-likeness (QED) is 0.357. The van der Waals surface area contributed by atoms with Gasteiger partial charge < -0.3 is 24.3 Å². The third-order valence-electron chi connectivity index (χ3n) is 7.91. The summed E-state index contributed by atoms with van der Waals surface area (Å²) in [5.74, 6) is 3.20. The predicted molar refractivity (Wildman–Crippen MR) is 158 cm³/mol. The van der Waals surface area contributed by atoms with Gasteiger partial charge in [0.2, 0.25) is 5.95 Å². The summed E-state index contributed by atoms with van der Waals surface area (Å²) in [6.07, 6.45) is 3.94. The molecular formula is C30H38N8O. The largest absolute Gasteiger partial charge is 0.378 e. The number of anilines is 3. The average Bonchev–Trinajstić information content (AvgIpc) is 2.97. The fourth-order valence-electron chi connectivity index (χ4n) is 5.92. The molecule has 2 aliphatic rings. The van der Waals surface area contributed by atoms with Crippen LogP contribution in [0.2, 0.25) is 0 Å². The average molecular weight is 527 g/mol. The maximum atomic E-state index is 5.65. The summed E-state index contributed by atoms with van der Waals surface area (Å²) in [7, 11) is 6.40. The molecule has 204 valence electrons. The van der Waals surface area contributed by atoms with Crippen LogP contribution in [-0.2, 0) is 11.3 Å². The molecule has 0 aliphatic carbocycles. The Bertz CT molecular complexity index is 1420. The molecule has 39 heavy (non-hydrogen) atoms. The number of hydrogen-bond acceptors (Lipinski definition) is 9. The van der Waals surface area contributed by atoms with Gasteiger partial charge >= 0.3 is 0 Å². The zero-order chi connectivity index (χ0) is 26.8. The van der Waals surface area contributed by atoms with E-state index in [1.165, 1.54) is 16.3 Å². The van der Waals surface area contributed by atoms with Gasteiger partial charge in [-0.3, -0.25) is 0 Å². The van der Waals surface area contributed by atoms with E-state index in [0.29, 0.717) is 19.1 Å². The topological polar surface area (TPSA) is 73.8 Å². The summed E-state index contributed by atoms with van der Waals surface area (Å²) in [5.41, 5.74) is 2.87. The first kappa shape index (κ1) is 25.7. The number of piperidine rings is 1. The molecule has 9 heteroatoms. The van der Waals surface area contributed by atoms with Gasteiger partial charge in [-0.15, -0.1) is 0 Å². The number of aromatic nitrogens is 4. The molecule has 0 unspecified atom stereocenters. The predicted octanol–water partition coefficient (Wildman–Crippen LogP) is 3.82. The lowest BCUT2D eigenvalue weighted by Gasteiger charge is -2.34. The molecule has 2 saturated heterocycles. The highest BCUT2D eigenvalue weighted by atomic mass is 16.5. The first-order chi connectivity index (χ1) is 19.1. The van der Waals surface area contributed by atoms with Crippen LogP contribution in [0.15, 0.2) is 48.8 Å². The van der Waals surface area contributed by atoms with Gasteiger partial charge in [-0.2, -0.15) is 4.98 Å². The number of hydrogen-bond donors (Lipinski definition) is 0. The van der Waals surface area contributed by atoms with E-state index in [9.17, 15) is 0 Å². The van der Waals surface area contributed by atoms with Gasteiger partial charge in [-0.05, 0) is 49.2 Å². The van der Waals surface area contributed by atoms with E-state index in [1.54, 1.807) is 6.33 Å². The van der Waals surface area contributed by atoms with Crippen LogP contribution in [0.3, 0.4) is 0 Å². The van der Waals surface area contributed by atoms with E-state index in [4.69, 9.17) is 24.7 Å². The first-order valence-electron chi connectivity index (χ1n) is 14.0. The molecule has 0 radical (unpaired) electrons. The van der Waals surface area contributed by atoms with Crippen molar-refractivity contribution in [2.75, 3.05) is 81.8 Å². The number of benzene rings is 2. The van der Waals surface area contributed by atoms with Crippen LogP contribution in [0.1, 0.15) is 18.4 Å². The van der Waals surface area contributed by atoms with Crippen LogP contribution in [0.5, 0.6) is 0 Å². The van der Waals surface area contributed by atoms with Crippen LogP contribution < -0.4 is 14.7 Å². The van der Waals surface area contributed by atoms with Gasteiger partial charge in [-0.1, -0.05) is 42.5 Å². The molecule has 2 fully saturated rings. The summed E-state index contributed by atoms with van der Waals surface area (Å²) in [6, 6.07) is 15.0. The molecule has 0 bridgehead atoms. The van der Waals surface area contributed by atoms with Crippen molar-refractivity contribution in [2.24, 2.45) is 5.92 Å². The van der Waals surface area contributed by atoms with Crippen LogP contribution in [0.25, 0.3) is 21.8 Å². The lowest BCUT2D eigenvalue weighted by atomic mass is 9.97. The lowest BCUT2D eigenvalue weighted by Crippen LogP contribution is -2.39. The molecule has 2 aliphatic heterocycles. The third-order valence-corrected chi connectivity index (χ3v) is 7.91. The molecule has 9 nitrogen and oxygen atoms in total. The van der Waals surface area contributed by atoms with Crippen molar-refractivity contribution in [2.45, 2.75) is 19.4 Å². The van der Waals surface area contributed by atoms with E-state index >= 15 is 0 Å². The molecule has 0 atom stereocenters. The van der Waals surface area contributed by atoms with Crippen LogP contribution in [-0.4, -0.2) is 91.9 Å². The normalized spacial score (nSPS) is 16.9. The van der Waals surface area contributed by atoms with Crippen LogP contribution in [0.4, 0.5) is 17.6 Å². The summed E-state index contributed by atoms with van der Waals surface area (Å²) in [6.45, 7) is 6.73. The SMILES string of the molecule is CN(C)CC1CCN(c2nc(N3CCOCC3)c3ncnc(N(C)Cc4cccc5ccccc45)c3n2)CC1. The maximum absolute atomic E-state index is 5.65. The Balaban J connectivity index is 1.37. The van der Waals surface area contributed by atoms with E-state index in [1.807, 2.05) is 0 Å². The van der Waals surface area contributed by atoms with Crippen molar-refractivity contribution >= 4 is 39.4 Å². The van der Waals surface area contributed by atoms with E-state index in [-0.39, 0.29) is 0 Å². The Hall–Kier alpha value is -3.56. The number of rotatable bonds is 7. The number of ether oxygens (including phenoxy) is 1. The van der Waals surface area contributed by atoms with Gasteiger partial charge in [0, 0.05) is 46.3 Å². The van der Waals surface area contributed by atoms with E-state index in [2.05, 4.69) is 83.2 Å². The number of morpholine rings is 1. The number of fused-ring (bicyclic) bond motifs is 2. The van der Waals surface area contributed by atoms with Gasteiger partial charge in [0.1, 0.15) is 17.4 Å². The summed E-state index contributed by atoms with van der Waals surface area (Å²) in [5, 5.41) is 2.50. The van der Waals surface area contributed by atoms with Gasteiger partial charge in [0.25, 0.3) is 0 Å². The molecule has 0 N–H and O–H groups in total. The van der Waals surface area contributed by atoms with Crippen molar-refractivity contribution < 1.29 is 4.74 Å². The van der Waals surface area contributed by atoms with E-state index in [0.717, 1.165) is 80.7 Å². The van der Waals surface area contributed by atoms with Crippen LogP contribution >= 0.6 is 0 Å². The highest BCUT2D eigenvalue weighted by Gasteiger charge is 2.26. The summed E-state index contributed by atoms with van der Waals surface area (Å²) < 4.78 is 5.65. The van der Waals surface area contributed by atoms with Gasteiger partial charge in [0.05, 0.1) is 13.2 Å². The highest BCUT2D eigenvalue weighted by molar-refractivity contribution is 5.94. The van der Waals surface area contributed by atoms with Crippen molar-refractivity contribution in [3.05, 3.63) is 54.4 Å². The molecule has 6 rings (SSSR count). The Kier molecular flexibility index (Phi) is 7.43. The van der Waals surface area contributed by atoms with Crippen molar-refractivity contribution in [1.29, 1.82) is 0 Å². The van der Waals surface area contributed by atoms with Crippen molar-refractivity contribution in [1.82, 2.24) is 24.8 Å². The Morgan fingerprint density at radius 1 is 0.846 bits per heavy atom. The molecule has 2 aromatic heterocycles. The molecule has 2 aromatic carbocycles. The molecule has 0 amide bonds. The Morgan fingerprint density at radius 3 is 2.41 bits per heavy atom. The summed E-state index contributed by atoms with van der Waals surface area (Å²) in [4.78, 5) is 28.9. The minimum absolute atomic E-state index is 0.690. The monoisotopic (exact) mass is 526 g/mol. The summed E-state index contributed by atoms with van der Waals surface area (Å²) >= 11 is 0. The molecule has 0 saturated carbocycles. The van der Waals surface area contributed by atoms with Gasteiger partial charge in [0.15, 0.2) is 11.6 Å². The molecule has 0 spiro atoms. The second kappa shape index (κ2) is 11.3. The third kappa shape index (κ3) is 5.46. The smallest absolute Gasteiger partial charge is 0.228 e. The zero-order valence-electron chi connectivity index (χ0n) is 23.3. The molecule has 4 heterocycles. The molecule has 4 aromatic rings. The highest BCUT2D eigenvalue weighted by Crippen LogP contribution is 2.32. The molecular weight excluding hydrogens is 488 g/mol. The van der Waals surface area contributed by atoms with Gasteiger partial charge in [-0.25, -0.2) is 15.0 Å². The maximum Gasteiger partial charge on any atom is 0.228 e. The zero-order valence-corrected chi connectivity index (χ0v) is 23.3. The Morgan fingerprint density at radius 2 is 1.62 bits per heavy atom. The fraction of sp³-hybridized carbons (Fsp3) is 0.467. The second-order valence-electron chi connectivity index (χ2n) is 11.0. The van der Waals surface area contributed by atoms with Crippen molar-refractivity contribution in [3.8, 4) is 0 Å². The van der Waals surface area contributed by atoms with E-state index < -0.39 is 0 Å². The number of nitrogens with zero attached hydrogens (tertiary/aromatic N) is 8. The minimum Gasteiger partial charge on any atom is -0.378 e. The van der Waals surface area contributed by atoms with Crippen molar-refractivity contribution in [3.63, 3.8) is 0 Å². The first-order valence-corrected chi connectivity index (χ1v) is 14.0. The van der Waals surface area contributed by atoms with Crippen LogP contribution in [0, 0.1) is 5.92 Å². The minimum atomic E-state index is 0.690. The second-order valence-corrected chi connectivity index (χ2v) is 11.0. The standard InChI is InChI=1S/C30H38N8O/c1-35(2)19-22-11-13-38(14-12-22)30-33-27-26(29(34-30)37-15-17-39-18-16-37)31-21-32-28(27)36(3)20-24-9-6-8-23-7-4-5-10-25(23)24/h4-10,21-22H,11-20H2,1-3H3. The lowest BCUT2D eigenvalue weighted by molar-refractivity contribution is 0.122. The fourth-order valence-corrected chi connectivity index (χ4v) is 5.92.